The van der Waals surface area contributed by atoms with Crippen LogP contribution in [0.2, 0.25) is 0 Å². The first-order valence-corrected chi connectivity index (χ1v) is 5.18. The zero-order valence-electron chi connectivity index (χ0n) is 8.79. The van der Waals surface area contributed by atoms with Crippen LogP contribution in [-0.4, -0.2) is 24.1 Å². The second kappa shape index (κ2) is 6.04. The van der Waals surface area contributed by atoms with Gasteiger partial charge in [0.1, 0.15) is 5.75 Å². The van der Waals surface area contributed by atoms with Gasteiger partial charge in [0, 0.05) is 12.3 Å². The normalized spacial score (nSPS) is 9.12. The van der Waals surface area contributed by atoms with Gasteiger partial charge in [0.15, 0.2) is 0 Å². The molecule has 4 heteroatoms. The van der Waals surface area contributed by atoms with Gasteiger partial charge < -0.3 is 9.84 Å². The van der Waals surface area contributed by atoms with Crippen LogP contribution in [0, 0.1) is 11.8 Å². The Morgan fingerprint density at radius 1 is 1.56 bits per heavy atom. The van der Waals surface area contributed by atoms with Crippen LogP contribution in [0.3, 0.4) is 0 Å². The van der Waals surface area contributed by atoms with Gasteiger partial charge >= 0.3 is 5.97 Å². The smallest absolute Gasteiger partial charge is 0.335 e. The molecule has 1 rings (SSSR count). The van der Waals surface area contributed by atoms with Gasteiger partial charge in [-0.1, -0.05) is 11.8 Å². The number of hydrogen-bond acceptors (Lipinski definition) is 2. The lowest BCUT2D eigenvalue weighted by molar-refractivity contribution is 0.0697. The Morgan fingerprint density at radius 3 is 2.88 bits per heavy atom. The first-order valence-electron chi connectivity index (χ1n) is 4.65. The number of rotatable bonds is 3. The molecule has 0 amide bonds. The van der Waals surface area contributed by atoms with Crippen LogP contribution >= 0.6 is 11.6 Å². The van der Waals surface area contributed by atoms with Crippen molar-refractivity contribution in [2.75, 3.05) is 13.0 Å². The summed E-state index contributed by atoms with van der Waals surface area (Å²) in [5.74, 6) is 5.71. The van der Waals surface area contributed by atoms with Crippen LogP contribution in [-0.2, 0) is 0 Å². The number of aromatic carboxylic acids is 1. The number of carboxylic acid groups (broad SMARTS) is 1. The minimum Gasteiger partial charge on any atom is -0.495 e. The van der Waals surface area contributed by atoms with Gasteiger partial charge in [-0.2, -0.15) is 0 Å². The van der Waals surface area contributed by atoms with Gasteiger partial charge in [0.2, 0.25) is 0 Å². The summed E-state index contributed by atoms with van der Waals surface area (Å²) in [6, 6.07) is 4.56. The lowest BCUT2D eigenvalue weighted by atomic mass is 10.1. The molecule has 1 N–H and O–H groups in total. The molecule has 1 aromatic rings. The molecule has 0 spiro atoms. The molecule has 0 aliphatic rings. The first kappa shape index (κ1) is 12.4. The zero-order chi connectivity index (χ0) is 12.0. The predicted octanol–water partition coefficient (Wildman–Crippen LogP) is 2.37. The predicted molar refractivity (Wildman–Crippen MR) is 62.2 cm³/mol. The third kappa shape index (κ3) is 3.18. The van der Waals surface area contributed by atoms with Gasteiger partial charge in [0.05, 0.1) is 18.2 Å². The quantitative estimate of drug-likeness (QED) is 0.650. The number of methoxy groups -OCH3 is 1. The van der Waals surface area contributed by atoms with E-state index < -0.39 is 5.97 Å². The van der Waals surface area contributed by atoms with E-state index in [0.29, 0.717) is 23.6 Å². The summed E-state index contributed by atoms with van der Waals surface area (Å²) in [6.07, 6.45) is 0.558. The monoisotopic (exact) mass is 238 g/mol. The van der Waals surface area contributed by atoms with Crippen molar-refractivity contribution < 1.29 is 14.6 Å². The fourth-order valence-electron chi connectivity index (χ4n) is 1.14. The lowest BCUT2D eigenvalue weighted by Crippen LogP contribution is -1.98. The fraction of sp³-hybridized carbons (Fsp3) is 0.250. The summed E-state index contributed by atoms with van der Waals surface area (Å²) >= 11 is 5.50. The van der Waals surface area contributed by atoms with Crippen LogP contribution in [0.5, 0.6) is 5.75 Å². The number of hydrogen-bond donors (Lipinski definition) is 1. The van der Waals surface area contributed by atoms with E-state index in [9.17, 15) is 4.79 Å². The largest absolute Gasteiger partial charge is 0.495 e. The summed E-state index contributed by atoms with van der Waals surface area (Å²) in [5.41, 5.74) is 0.753. The van der Waals surface area contributed by atoms with Crippen molar-refractivity contribution >= 4 is 17.6 Å². The average molecular weight is 239 g/mol. The summed E-state index contributed by atoms with van der Waals surface area (Å²) in [4.78, 5) is 10.8. The summed E-state index contributed by atoms with van der Waals surface area (Å²) in [7, 11) is 1.52. The van der Waals surface area contributed by atoms with Crippen molar-refractivity contribution in [3.05, 3.63) is 29.3 Å². The lowest BCUT2D eigenvalue weighted by Gasteiger charge is -2.03. The molecule has 0 saturated heterocycles. The van der Waals surface area contributed by atoms with Crippen LogP contribution in [0.4, 0.5) is 0 Å². The highest BCUT2D eigenvalue weighted by Gasteiger charge is 2.06. The Kier molecular flexibility index (Phi) is 4.68. The molecular weight excluding hydrogens is 228 g/mol. The second-order valence-electron chi connectivity index (χ2n) is 2.96. The third-order valence-corrected chi connectivity index (χ3v) is 2.08. The van der Waals surface area contributed by atoms with E-state index in [1.807, 2.05) is 0 Å². The molecule has 3 nitrogen and oxygen atoms in total. The van der Waals surface area contributed by atoms with Gasteiger partial charge in [-0.25, -0.2) is 4.79 Å². The number of carboxylic acids is 1. The van der Waals surface area contributed by atoms with E-state index in [4.69, 9.17) is 21.4 Å². The molecular formula is C12H11ClO3. The minimum absolute atomic E-state index is 0.191. The van der Waals surface area contributed by atoms with Crippen LogP contribution in [0.1, 0.15) is 22.3 Å². The Hall–Kier alpha value is -1.66. The zero-order valence-corrected chi connectivity index (χ0v) is 9.54. The number of alkyl halides is 1. The van der Waals surface area contributed by atoms with E-state index in [1.54, 1.807) is 6.07 Å². The minimum atomic E-state index is -0.983. The standard InChI is InChI=1S/C12H11ClO3/c1-16-11-6-5-10(12(14)15)8-9(11)4-2-3-7-13/h5-6,8H,3,7H2,1H3,(H,14,15). The molecule has 0 aromatic heterocycles. The highest BCUT2D eigenvalue weighted by Crippen LogP contribution is 2.18. The van der Waals surface area contributed by atoms with Crippen LogP contribution < -0.4 is 4.74 Å². The summed E-state index contributed by atoms with van der Waals surface area (Å²) in [6.45, 7) is 0. The molecule has 16 heavy (non-hydrogen) atoms. The molecule has 84 valence electrons. The molecule has 0 saturated carbocycles. The van der Waals surface area contributed by atoms with E-state index in [1.165, 1.54) is 19.2 Å². The maximum Gasteiger partial charge on any atom is 0.335 e. The summed E-state index contributed by atoms with van der Waals surface area (Å²) < 4.78 is 5.08. The second-order valence-corrected chi connectivity index (χ2v) is 3.34. The average Bonchev–Trinajstić information content (AvgIpc) is 2.29. The Bertz CT molecular complexity index is 443. The van der Waals surface area contributed by atoms with Crippen LogP contribution in [0.25, 0.3) is 0 Å². The Balaban J connectivity index is 3.08. The van der Waals surface area contributed by atoms with E-state index >= 15 is 0 Å². The first-order chi connectivity index (χ1) is 7.69. The van der Waals surface area contributed by atoms with Crippen molar-refractivity contribution in [2.24, 2.45) is 0 Å². The van der Waals surface area contributed by atoms with Gasteiger partial charge in [0.25, 0.3) is 0 Å². The molecule has 0 radical (unpaired) electrons. The molecule has 0 aliphatic carbocycles. The fourth-order valence-corrected chi connectivity index (χ4v) is 1.24. The Labute approximate surface area is 99.0 Å². The number of halogens is 1. The molecule has 0 bridgehead atoms. The topological polar surface area (TPSA) is 46.5 Å². The molecule has 0 aliphatic heterocycles. The van der Waals surface area contributed by atoms with Crippen molar-refractivity contribution in [2.45, 2.75) is 6.42 Å². The van der Waals surface area contributed by atoms with Gasteiger partial charge in [-0.3, -0.25) is 0 Å². The highest BCUT2D eigenvalue weighted by atomic mass is 35.5. The molecule has 0 heterocycles. The van der Waals surface area contributed by atoms with Crippen molar-refractivity contribution in [3.8, 4) is 17.6 Å². The highest BCUT2D eigenvalue weighted by molar-refractivity contribution is 6.18. The van der Waals surface area contributed by atoms with Gasteiger partial charge in [-0.15, -0.1) is 11.6 Å². The number of ether oxygens (including phenoxy) is 1. The van der Waals surface area contributed by atoms with E-state index in [2.05, 4.69) is 11.8 Å². The van der Waals surface area contributed by atoms with Crippen molar-refractivity contribution in [1.82, 2.24) is 0 Å². The maximum absolute atomic E-state index is 10.8. The molecule has 0 unspecified atom stereocenters. The molecule has 0 atom stereocenters. The van der Waals surface area contributed by atoms with E-state index in [-0.39, 0.29) is 5.56 Å². The van der Waals surface area contributed by atoms with Crippen LogP contribution in [0.15, 0.2) is 18.2 Å². The molecule has 1 aromatic carbocycles. The van der Waals surface area contributed by atoms with Crippen molar-refractivity contribution in [1.29, 1.82) is 0 Å². The van der Waals surface area contributed by atoms with E-state index in [0.717, 1.165) is 0 Å². The SMILES string of the molecule is COc1ccc(C(=O)O)cc1C#CCCCl. The number of carbonyl (C=O) groups is 1. The summed E-state index contributed by atoms with van der Waals surface area (Å²) in [5, 5.41) is 8.83. The maximum atomic E-state index is 10.8. The van der Waals surface area contributed by atoms with Gasteiger partial charge in [-0.05, 0) is 18.2 Å². The Morgan fingerprint density at radius 2 is 2.31 bits per heavy atom. The van der Waals surface area contributed by atoms with Crippen molar-refractivity contribution in [3.63, 3.8) is 0 Å². The molecule has 0 fully saturated rings. The third-order valence-electron chi connectivity index (χ3n) is 1.89. The number of benzene rings is 1.